The first-order valence-electron chi connectivity index (χ1n) is 11.7. The Bertz CT molecular complexity index is 1420. The van der Waals surface area contributed by atoms with E-state index in [1.165, 1.54) is 24.3 Å². The molecule has 0 N–H and O–H groups in total. The van der Waals surface area contributed by atoms with Gasteiger partial charge in [0.15, 0.2) is 0 Å². The number of benzene rings is 3. The highest BCUT2D eigenvalue weighted by Crippen LogP contribution is 2.34. The second-order valence-electron chi connectivity index (χ2n) is 9.39. The number of amides is 2. The van der Waals surface area contributed by atoms with E-state index in [-0.39, 0.29) is 17.9 Å². The maximum absolute atomic E-state index is 14.2. The summed E-state index contributed by atoms with van der Waals surface area (Å²) in [6, 6.07) is 13.1. The first-order valence-corrected chi connectivity index (χ1v) is 13.1. The largest absolute Gasteiger partial charge is 0.274 e. The summed E-state index contributed by atoms with van der Waals surface area (Å²) in [6.07, 6.45) is -0.282. The van der Waals surface area contributed by atoms with Gasteiger partial charge in [-0.2, -0.15) is 4.31 Å². The summed E-state index contributed by atoms with van der Waals surface area (Å²) in [5.74, 6) is -1.52. The standard InChI is InChI=1S/C28H29FN2O4S/c1-17-6-12-24(13-7-17)31-26(32)15-25(28(31)33)30(16-22-8-10-23(29)11-9-22)36(34,35)27-20(4)18(2)14-19(3)21(27)5/h6-14,25H,15-16H2,1-5H3. The molecule has 0 aliphatic carbocycles. The second kappa shape index (κ2) is 9.59. The van der Waals surface area contributed by atoms with Crippen molar-refractivity contribution in [3.8, 4) is 0 Å². The van der Waals surface area contributed by atoms with Gasteiger partial charge in [-0.25, -0.2) is 17.7 Å². The maximum Gasteiger partial charge on any atom is 0.252 e. The molecule has 3 aromatic carbocycles. The molecule has 3 aromatic rings. The minimum absolute atomic E-state index is 0.135. The number of sulfonamides is 1. The van der Waals surface area contributed by atoms with Gasteiger partial charge in [0.2, 0.25) is 15.9 Å². The van der Waals surface area contributed by atoms with Gasteiger partial charge in [0.25, 0.3) is 5.91 Å². The molecule has 0 spiro atoms. The second-order valence-corrected chi connectivity index (χ2v) is 11.2. The lowest BCUT2D eigenvalue weighted by Gasteiger charge is -2.29. The summed E-state index contributed by atoms with van der Waals surface area (Å²) >= 11 is 0. The Kier molecular flexibility index (Phi) is 6.86. The topological polar surface area (TPSA) is 74.8 Å². The van der Waals surface area contributed by atoms with E-state index in [0.717, 1.165) is 25.9 Å². The molecule has 6 nitrogen and oxygen atoms in total. The van der Waals surface area contributed by atoms with Crippen molar-refractivity contribution in [2.24, 2.45) is 0 Å². The average molecular weight is 509 g/mol. The molecule has 1 fully saturated rings. The molecule has 1 unspecified atom stereocenters. The molecule has 188 valence electrons. The molecule has 36 heavy (non-hydrogen) atoms. The minimum atomic E-state index is -4.23. The van der Waals surface area contributed by atoms with Crippen molar-refractivity contribution in [1.82, 2.24) is 4.31 Å². The van der Waals surface area contributed by atoms with Crippen LogP contribution in [0.25, 0.3) is 0 Å². The number of aryl methyl sites for hydroxylation is 3. The molecule has 4 rings (SSSR count). The van der Waals surface area contributed by atoms with Gasteiger partial charge in [-0.05, 0) is 86.7 Å². The molecule has 0 radical (unpaired) electrons. The highest BCUT2D eigenvalue weighted by Gasteiger charge is 2.47. The van der Waals surface area contributed by atoms with Crippen molar-refractivity contribution in [2.75, 3.05) is 4.90 Å². The third-order valence-electron chi connectivity index (χ3n) is 6.88. The average Bonchev–Trinajstić information content (AvgIpc) is 3.11. The number of hydrogen-bond donors (Lipinski definition) is 0. The maximum atomic E-state index is 14.2. The molecule has 8 heteroatoms. The van der Waals surface area contributed by atoms with Gasteiger partial charge in [0, 0.05) is 6.54 Å². The van der Waals surface area contributed by atoms with Crippen LogP contribution in [0.15, 0.2) is 59.5 Å². The van der Waals surface area contributed by atoms with Crippen molar-refractivity contribution in [3.63, 3.8) is 0 Å². The predicted molar refractivity (Wildman–Crippen MR) is 137 cm³/mol. The van der Waals surface area contributed by atoms with Gasteiger partial charge in [-0.1, -0.05) is 35.9 Å². The molecular formula is C28H29FN2O4S. The Balaban J connectivity index is 1.84. The number of imide groups is 1. The zero-order valence-corrected chi connectivity index (χ0v) is 21.8. The predicted octanol–water partition coefficient (Wildman–Crippen LogP) is 4.89. The number of hydrogen-bond acceptors (Lipinski definition) is 4. The van der Waals surface area contributed by atoms with Crippen LogP contribution >= 0.6 is 0 Å². The lowest BCUT2D eigenvalue weighted by molar-refractivity contribution is -0.122. The SMILES string of the molecule is Cc1ccc(N2C(=O)CC(N(Cc3ccc(F)cc3)S(=O)(=O)c3c(C)c(C)cc(C)c3C)C2=O)cc1. The van der Waals surface area contributed by atoms with Crippen LogP contribution < -0.4 is 4.90 Å². The molecule has 1 heterocycles. The van der Waals surface area contributed by atoms with Crippen LogP contribution in [0.5, 0.6) is 0 Å². The summed E-state index contributed by atoms with van der Waals surface area (Å²) in [5.41, 5.74) is 4.69. The molecule has 1 aliphatic heterocycles. The Hall–Kier alpha value is -3.36. The Morgan fingerprint density at radius 1 is 0.889 bits per heavy atom. The van der Waals surface area contributed by atoms with Crippen LogP contribution in [-0.4, -0.2) is 30.6 Å². The van der Waals surface area contributed by atoms with Gasteiger partial charge >= 0.3 is 0 Å². The smallest absolute Gasteiger partial charge is 0.252 e. The fourth-order valence-corrected chi connectivity index (χ4v) is 6.77. The van der Waals surface area contributed by atoms with Crippen molar-refractivity contribution in [1.29, 1.82) is 0 Å². The lowest BCUT2D eigenvalue weighted by Crippen LogP contribution is -2.45. The minimum Gasteiger partial charge on any atom is -0.274 e. The third-order valence-corrected chi connectivity index (χ3v) is 9.01. The van der Waals surface area contributed by atoms with Gasteiger partial charge in [-0.3, -0.25) is 9.59 Å². The van der Waals surface area contributed by atoms with Crippen LogP contribution in [0.3, 0.4) is 0 Å². The number of carbonyl (C=O) groups excluding carboxylic acids is 2. The van der Waals surface area contributed by atoms with Crippen LogP contribution in [0, 0.1) is 40.4 Å². The molecule has 0 bridgehead atoms. The van der Waals surface area contributed by atoms with Gasteiger partial charge in [0.1, 0.15) is 11.9 Å². The normalized spacial score (nSPS) is 16.3. The van der Waals surface area contributed by atoms with Crippen LogP contribution in [0.1, 0.15) is 39.8 Å². The van der Waals surface area contributed by atoms with Crippen LogP contribution in [0.4, 0.5) is 10.1 Å². The number of rotatable bonds is 6. The first-order chi connectivity index (χ1) is 16.9. The number of halogens is 1. The van der Waals surface area contributed by atoms with E-state index >= 15 is 0 Å². The fourth-order valence-electron chi connectivity index (χ4n) is 4.62. The highest BCUT2D eigenvalue weighted by molar-refractivity contribution is 7.89. The van der Waals surface area contributed by atoms with Crippen LogP contribution in [-0.2, 0) is 26.2 Å². The zero-order chi connectivity index (χ0) is 26.4. The molecule has 2 amide bonds. The molecule has 0 saturated carbocycles. The number of nitrogens with zero attached hydrogens (tertiary/aromatic N) is 2. The first kappa shape index (κ1) is 25.7. The van der Waals surface area contributed by atoms with E-state index in [2.05, 4.69) is 0 Å². The Labute approximate surface area is 211 Å². The van der Waals surface area contributed by atoms with E-state index in [0.29, 0.717) is 22.4 Å². The Morgan fingerprint density at radius 3 is 2.00 bits per heavy atom. The van der Waals surface area contributed by atoms with Crippen molar-refractivity contribution in [3.05, 3.63) is 93.8 Å². The van der Waals surface area contributed by atoms with Gasteiger partial charge in [0.05, 0.1) is 17.0 Å². The molecule has 1 atom stereocenters. The monoisotopic (exact) mass is 508 g/mol. The summed E-state index contributed by atoms with van der Waals surface area (Å²) < 4.78 is 43.2. The number of carbonyl (C=O) groups is 2. The van der Waals surface area contributed by atoms with E-state index < -0.39 is 33.7 Å². The van der Waals surface area contributed by atoms with Gasteiger partial charge in [-0.15, -0.1) is 0 Å². The molecule has 1 saturated heterocycles. The van der Waals surface area contributed by atoms with Gasteiger partial charge < -0.3 is 0 Å². The fraction of sp³-hybridized carbons (Fsp3) is 0.286. The van der Waals surface area contributed by atoms with Crippen molar-refractivity contribution in [2.45, 2.75) is 58.5 Å². The van der Waals surface area contributed by atoms with Crippen LogP contribution in [0.2, 0.25) is 0 Å². The van der Waals surface area contributed by atoms with E-state index in [1.54, 1.807) is 38.1 Å². The lowest BCUT2D eigenvalue weighted by atomic mass is 10.0. The Morgan fingerprint density at radius 2 is 1.44 bits per heavy atom. The highest BCUT2D eigenvalue weighted by atomic mass is 32.2. The zero-order valence-electron chi connectivity index (χ0n) is 21.0. The summed E-state index contributed by atoms with van der Waals surface area (Å²) in [7, 11) is -4.23. The van der Waals surface area contributed by atoms with E-state index in [4.69, 9.17) is 0 Å². The van der Waals surface area contributed by atoms with E-state index in [1.807, 2.05) is 26.8 Å². The van der Waals surface area contributed by atoms with Crippen molar-refractivity contribution >= 4 is 27.5 Å². The summed E-state index contributed by atoms with van der Waals surface area (Å²) in [5, 5.41) is 0. The molecular weight excluding hydrogens is 479 g/mol. The number of anilines is 1. The summed E-state index contributed by atoms with van der Waals surface area (Å²) in [6.45, 7) is 8.88. The van der Waals surface area contributed by atoms with E-state index in [9.17, 15) is 22.4 Å². The third kappa shape index (κ3) is 4.58. The molecule has 1 aliphatic rings. The summed E-state index contributed by atoms with van der Waals surface area (Å²) in [4.78, 5) is 27.8. The van der Waals surface area contributed by atoms with Crippen molar-refractivity contribution < 1.29 is 22.4 Å². The quantitative estimate of drug-likeness (QED) is 0.445. The molecule has 0 aromatic heterocycles.